The number of nitrogens with zero attached hydrogens (tertiary/aromatic N) is 3. The zero-order chi connectivity index (χ0) is 31.0. The fraction of sp³-hybridized carbons (Fsp3) is 0.241. The minimum Gasteiger partial charge on any atom is -0.494 e. The maximum Gasteiger partial charge on any atom is 0.430 e. The Morgan fingerprint density at radius 3 is 2.31 bits per heavy atom. The molecular weight excluding hydrogens is 564 g/mol. The number of aliphatic hydroxyl groups is 1. The summed E-state index contributed by atoms with van der Waals surface area (Å²) >= 11 is 0. The van der Waals surface area contributed by atoms with E-state index in [0.29, 0.717) is 33.3 Å². The van der Waals surface area contributed by atoms with Crippen LogP contribution in [0.1, 0.15) is 30.7 Å². The topological polar surface area (TPSA) is 111 Å². The monoisotopic (exact) mass is 591 g/mol. The molecule has 7 nitrogen and oxygen atoms in total. The molecule has 0 bridgehead atoms. The van der Waals surface area contributed by atoms with Gasteiger partial charge in [0.05, 0.1) is 30.6 Å². The van der Waals surface area contributed by atoms with Gasteiger partial charge in [-0.2, -0.15) is 13.2 Å². The van der Waals surface area contributed by atoms with Crippen molar-refractivity contribution in [2.45, 2.75) is 31.3 Å². The van der Waals surface area contributed by atoms with E-state index in [-0.39, 0.29) is 11.3 Å². The van der Waals surface area contributed by atoms with Crippen molar-refractivity contribution in [1.82, 2.24) is 15.0 Å². The Hall–Kier alpha value is -4.36. The van der Waals surface area contributed by atoms with Crippen molar-refractivity contribution < 1.29 is 36.2 Å². The van der Waals surface area contributed by atoms with E-state index in [1.165, 1.54) is 13.2 Å². The van der Waals surface area contributed by atoms with E-state index < -0.39 is 52.6 Å². The number of rotatable bonds is 8. The molecule has 2 heterocycles. The molecule has 4 aromatic rings. The molecular formula is C29H27F6N5O2. The Bertz CT molecular complexity index is 1640. The van der Waals surface area contributed by atoms with Crippen LogP contribution < -0.4 is 16.3 Å². The highest BCUT2D eigenvalue weighted by atomic mass is 19.4. The first-order valence-corrected chi connectivity index (χ1v) is 12.4. The van der Waals surface area contributed by atoms with E-state index in [9.17, 15) is 22.7 Å². The van der Waals surface area contributed by atoms with Crippen molar-refractivity contribution in [3.8, 4) is 17.0 Å². The Kier molecular flexibility index (Phi) is 8.11. The molecule has 0 aliphatic heterocycles. The number of nitrogens with two attached hydrogens (primary N) is 2. The number of pyridine rings is 2. The third kappa shape index (κ3) is 5.97. The molecule has 2 aromatic heterocycles. The van der Waals surface area contributed by atoms with Crippen molar-refractivity contribution in [3.63, 3.8) is 0 Å². The average Bonchev–Trinajstić information content (AvgIpc) is 2.91. The lowest BCUT2D eigenvalue weighted by Crippen LogP contribution is -2.49. The van der Waals surface area contributed by atoms with E-state index in [1.807, 2.05) is 0 Å². The van der Waals surface area contributed by atoms with Gasteiger partial charge in [-0.05, 0) is 62.4 Å². The second-order valence-corrected chi connectivity index (χ2v) is 10.1. The largest absolute Gasteiger partial charge is 0.494 e. The van der Waals surface area contributed by atoms with Gasteiger partial charge in [0.15, 0.2) is 5.82 Å². The minimum atomic E-state index is -5.60. The molecule has 0 saturated carbocycles. The lowest BCUT2D eigenvalue weighted by atomic mass is 9.91. The summed E-state index contributed by atoms with van der Waals surface area (Å²) in [6.45, 7) is 0.683. The van der Waals surface area contributed by atoms with Gasteiger partial charge in [-0.15, -0.1) is 0 Å². The first-order chi connectivity index (χ1) is 19.5. The van der Waals surface area contributed by atoms with Crippen LogP contribution in [-0.2, 0) is 11.3 Å². The van der Waals surface area contributed by atoms with Gasteiger partial charge in [0.2, 0.25) is 0 Å². The first kappa shape index (κ1) is 30.6. The molecule has 42 heavy (non-hydrogen) atoms. The number of hydrazine groups is 1. The number of alkyl halides is 4. The molecule has 0 aliphatic carbocycles. The highest BCUT2D eigenvalue weighted by molar-refractivity contribution is 5.88. The van der Waals surface area contributed by atoms with Crippen molar-refractivity contribution in [3.05, 3.63) is 95.4 Å². The molecule has 222 valence electrons. The van der Waals surface area contributed by atoms with E-state index in [4.69, 9.17) is 16.3 Å². The third-order valence-corrected chi connectivity index (χ3v) is 6.52. The number of benzene rings is 2. The molecule has 0 spiro atoms. The molecule has 13 heteroatoms. The molecule has 2 aromatic carbocycles. The highest BCUT2D eigenvalue weighted by Gasteiger charge is 2.59. The van der Waals surface area contributed by atoms with Gasteiger partial charge >= 0.3 is 6.18 Å². The van der Waals surface area contributed by atoms with Gasteiger partial charge in [0.25, 0.3) is 5.67 Å². The zero-order valence-corrected chi connectivity index (χ0v) is 22.7. The van der Waals surface area contributed by atoms with E-state index in [2.05, 4.69) is 9.97 Å². The van der Waals surface area contributed by atoms with E-state index in [1.54, 1.807) is 24.4 Å². The number of methoxy groups -OCH3 is 1. The van der Waals surface area contributed by atoms with Crippen LogP contribution in [-0.4, -0.2) is 39.9 Å². The number of halogens is 6. The number of aromatic nitrogens is 2. The maximum absolute atomic E-state index is 16.2. The number of hydrogen-bond donors (Lipinski definition) is 3. The quantitative estimate of drug-likeness (QED) is 0.138. The standard InChI is InChI=1S/C29H27F6N5O2/c1-27(2,41)20-13-23(39-26(24(20)31)16-6-8-19(30)9-7-16)28(32,29(33,34)35)15-40(37)14-21(36)18-11-17-5-4-10-38-25(17)22(12-18)42-3/h4-14,41H,15,36-37H2,1-3H3/b21-14-. The summed E-state index contributed by atoms with van der Waals surface area (Å²) < 4.78 is 93.7. The van der Waals surface area contributed by atoms with Gasteiger partial charge in [0, 0.05) is 34.5 Å². The van der Waals surface area contributed by atoms with Gasteiger partial charge < -0.3 is 20.6 Å². The zero-order valence-electron chi connectivity index (χ0n) is 22.7. The molecule has 1 unspecified atom stereocenters. The van der Waals surface area contributed by atoms with Gasteiger partial charge in [-0.3, -0.25) is 4.98 Å². The van der Waals surface area contributed by atoms with Crippen molar-refractivity contribution in [1.29, 1.82) is 0 Å². The second-order valence-electron chi connectivity index (χ2n) is 10.1. The Balaban J connectivity index is 1.80. The molecule has 0 amide bonds. The number of hydrogen-bond acceptors (Lipinski definition) is 7. The van der Waals surface area contributed by atoms with Crippen LogP contribution >= 0.6 is 0 Å². The SMILES string of the molecule is COc1cc(/C(N)=C/N(N)CC(F)(c2cc(C(C)(C)O)c(F)c(-c3ccc(F)cc3)n2)C(F)(F)F)cc2cccnc12. The summed E-state index contributed by atoms with van der Waals surface area (Å²) in [5.74, 6) is 4.27. The molecule has 0 fully saturated rings. The summed E-state index contributed by atoms with van der Waals surface area (Å²) in [5, 5.41) is 11.5. The second kappa shape index (κ2) is 11.1. The molecule has 0 aliphatic rings. The van der Waals surface area contributed by atoms with Crippen LogP contribution in [0.15, 0.2) is 67.0 Å². The Labute approximate surface area is 237 Å². The first-order valence-electron chi connectivity index (χ1n) is 12.4. The summed E-state index contributed by atoms with van der Waals surface area (Å²) in [6.07, 6.45) is -3.15. The summed E-state index contributed by atoms with van der Waals surface area (Å²) in [5.41, 5.74) is -2.28. The predicted molar refractivity (Wildman–Crippen MR) is 145 cm³/mol. The van der Waals surface area contributed by atoms with Gasteiger partial charge in [-0.1, -0.05) is 6.07 Å². The lowest BCUT2D eigenvalue weighted by molar-refractivity contribution is -0.241. The lowest BCUT2D eigenvalue weighted by Gasteiger charge is -2.32. The number of fused-ring (bicyclic) bond motifs is 1. The van der Waals surface area contributed by atoms with Crippen LogP contribution in [0.4, 0.5) is 26.3 Å². The van der Waals surface area contributed by atoms with Crippen LogP contribution in [0.5, 0.6) is 5.75 Å². The van der Waals surface area contributed by atoms with Crippen LogP contribution in [0.3, 0.4) is 0 Å². The summed E-state index contributed by atoms with van der Waals surface area (Å²) in [6, 6.07) is 11.0. The third-order valence-electron chi connectivity index (χ3n) is 6.52. The highest BCUT2D eigenvalue weighted by Crippen LogP contribution is 2.44. The van der Waals surface area contributed by atoms with E-state index >= 15 is 8.78 Å². The Morgan fingerprint density at radius 1 is 1.05 bits per heavy atom. The molecule has 5 N–H and O–H groups in total. The fourth-order valence-electron chi connectivity index (χ4n) is 4.32. The van der Waals surface area contributed by atoms with E-state index in [0.717, 1.165) is 44.3 Å². The Morgan fingerprint density at radius 2 is 1.71 bits per heavy atom. The van der Waals surface area contributed by atoms with Crippen LogP contribution in [0.25, 0.3) is 27.9 Å². The molecule has 4 rings (SSSR count). The average molecular weight is 592 g/mol. The van der Waals surface area contributed by atoms with Crippen molar-refractivity contribution in [2.24, 2.45) is 11.6 Å². The molecule has 0 saturated heterocycles. The minimum absolute atomic E-state index is 0.123. The van der Waals surface area contributed by atoms with Gasteiger partial charge in [0.1, 0.15) is 22.8 Å². The predicted octanol–water partition coefficient (Wildman–Crippen LogP) is 5.67. The van der Waals surface area contributed by atoms with Crippen molar-refractivity contribution >= 4 is 16.6 Å². The fourth-order valence-corrected chi connectivity index (χ4v) is 4.32. The molecule has 1 atom stereocenters. The summed E-state index contributed by atoms with van der Waals surface area (Å²) in [7, 11) is 1.40. The summed E-state index contributed by atoms with van der Waals surface area (Å²) in [4.78, 5) is 7.89. The normalized spacial score (nSPS) is 14.1. The van der Waals surface area contributed by atoms with Crippen LogP contribution in [0, 0.1) is 11.6 Å². The maximum atomic E-state index is 16.2. The smallest absolute Gasteiger partial charge is 0.430 e. The molecule has 0 radical (unpaired) electrons. The van der Waals surface area contributed by atoms with Crippen molar-refractivity contribution in [2.75, 3.05) is 13.7 Å². The number of ether oxygens (including phenoxy) is 1. The van der Waals surface area contributed by atoms with Gasteiger partial charge in [-0.25, -0.2) is 24.0 Å². The van der Waals surface area contributed by atoms with Crippen LogP contribution in [0.2, 0.25) is 0 Å².